The fourth-order valence-electron chi connectivity index (χ4n) is 3.51. The summed E-state index contributed by atoms with van der Waals surface area (Å²) in [5, 5.41) is 8.84. The molecule has 0 aromatic carbocycles. The van der Waals surface area contributed by atoms with Crippen molar-refractivity contribution in [3.8, 4) is 0 Å². The highest BCUT2D eigenvalue weighted by Crippen LogP contribution is 2.55. The van der Waals surface area contributed by atoms with Crippen molar-refractivity contribution in [3.63, 3.8) is 0 Å². The predicted octanol–water partition coefficient (Wildman–Crippen LogP) is 0.876. The third-order valence-electron chi connectivity index (χ3n) is 4.10. The summed E-state index contributed by atoms with van der Waals surface area (Å²) in [5.41, 5.74) is 0. The van der Waals surface area contributed by atoms with Gasteiger partial charge in [0.25, 0.3) is 0 Å². The molecule has 0 aromatic heterocycles. The summed E-state index contributed by atoms with van der Waals surface area (Å²) in [5.74, 6) is -2.40. The van der Waals surface area contributed by atoms with Gasteiger partial charge >= 0.3 is 11.9 Å². The molecule has 0 radical (unpaired) electrons. The Bertz CT molecular complexity index is 342. The summed E-state index contributed by atoms with van der Waals surface area (Å²) < 4.78 is 5.18. The second-order valence-electron chi connectivity index (χ2n) is 4.64. The van der Waals surface area contributed by atoms with E-state index in [1.165, 1.54) is 0 Å². The van der Waals surface area contributed by atoms with Crippen molar-refractivity contribution in [2.45, 2.75) is 24.3 Å². The van der Waals surface area contributed by atoms with Crippen LogP contribution in [0.4, 0.5) is 0 Å². The van der Waals surface area contributed by atoms with Crippen molar-refractivity contribution in [1.82, 2.24) is 0 Å². The number of carboxylic acid groups (broad SMARTS) is 1. The van der Waals surface area contributed by atoms with Crippen LogP contribution in [0, 0.1) is 23.7 Å². The molecule has 0 amide bonds. The van der Waals surface area contributed by atoms with Crippen molar-refractivity contribution in [2.24, 2.45) is 23.7 Å². The topological polar surface area (TPSA) is 63.6 Å². The van der Waals surface area contributed by atoms with Crippen molar-refractivity contribution in [3.05, 3.63) is 0 Å². The minimum atomic E-state index is -0.905. The third kappa shape index (κ3) is 1.03. The highest BCUT2D eigenvalue weighted by atomic mass is 35.5. The fraction of sp³-hybridized carbons (Fsp3) is 0.800. The van der Waals surface area contributed by atoms with Gasteiger partial charge in [0.1, 0.15) is 6.10 Å². The molecule has 3 aliphatic carbocycles. The van der Waals surface area contributed by atoms with E-state index in [2.05, 4.69) is 0 Å². The molecule has 4 rings (SSSR count). The average Bonchev–Trinajstić information content (AvgIpc) is 2.49. The smallest absolute Gasteiger partial charge is 0.310 e. The number of hydrogen-bond acceptors (Lipinski definition) is 3. The molecule has 0 spiro atoms. The lowest BCUT2D eigenvalue weighted by Gasteiger charge is -2.45. The summed E-state index contributed by atoms with van der Waals surface area (Å²) >= 11 is 6.17. The Labute approximate surface area is 91.5 Å². The van der Waals surface area contributed by atoms with E-state index in [-0.39, 0.29) is 29.3 Å². The van der Waals surface area contributed by atoms with Crippen LogP contribution >= 0.6 is 11.6 Å². The summed E-state index contributed by atoms with van der Waals surface area (Å²) in [6, 6.07) is 0. The molecular weight excluding hydrogens is 220 g/mol. The lowest BCUT2D eigenvalue weighted by molar-refractivity contribution is -0.154. The second-order valence-corrected chi connectivity index (χ2v) is 5.14. The van der Waals surface area contributed by atoms with Gasteiger partial charge in [0, 0.05) is 5.92 Å². The molecular formula is C10H11ClO4. The number of carboxylic acids is 1. The molecule has 6 atom stereocenters. The number of ether oxygens (including phenoxy) is 1. The number of carbonyl (C=O) groups excluding carboxylic acids is 1. The number of rotatable bonds is 1. The van der Waals surface area contributed by atoms with Crippen LogP contribution in [0.25, 0.3) is 0 Å². The number of carbonyl (C=O) groups is 2. The zero-order valence-corrected chi connectivity index (χ0v) is 8.68. The molecule has 5 heteroatoms. The largest absolute Gasteiger partial charge is 0.481 e. The van der Waals surface area contributed by atoms with Crippen molar-refractivity contribution >= 4 is 23.5 Å². The lowest BCUT2D eigenvalue weighted by atomic mass is 9.58. The Hall–Kier alpha value is -0.770. The van der Waals surface area contributed by atoms with Crippen molar-refractivity contribution in [2.75, 3.05) is 0 Å². The average molecular weight is 231 g/mol. The van der Waals surface area contributed by atoms with Gasteiger partial charge in [-0.2, -0.15) is 0 Å². The maximum atomic E-state index is 11.6. The van der Waals surface area contributed by atoms with E-state index in [0.29, 0.717) is 0 Å². The van der Waals surface area contributed by atoms with Gasteiger partial charge in [-0.25, -0.2) is 0 Å². The summed E-state index contributed by atoms with van der Waals surface area (Å²) in [6.07, 6.45) is 1.44. The summed E-state index contributed by atoms with van der Waals surface area (Å²) in [4.78, 5) is 22.7. The Balaban J connectivity index is 2.05. The van der Waals surface area contributed by atoms with Crippen LogP contribution < -0.4 is 0 Å². The highest BCUT2D eigenvalue weighted by Gasteiger charge is 2.64. The summed E-state index contributed by atoms with van der Waals surface area (Å²) in [6.45, 7) is 0. The molecule has 1 N–H and O–H groups in total. The summed E-state index contributed by atoms with van der Waals surface area (Å²) in [7, 11) is 0. The number of aliphatic carboxylic acids is 1. The number of halogens is 1. The van der Waals surface area contributed by atoms with Gasteiger partial charge in [0.2, 0.25) is 0 Å². The van der Waals surface area contributed by atoms with Gasteiger partial charge < -0.3 is 9.84 Å². The first-order chi connectivity index (χ1) is 7.11. The van der Waals surface area contributed by atoms with E-state index in [1.807, 2.05) is 0 Å². The van der Waals surface area contributed by atoms with Gasteiger partial charge in [0.05, 0.1) is 17.2 Å². The van der Waals surface area contributed by atoms with Gasteiger partial charge in [0.15, 0.2) is 0 Å². The first kappa shape index (κ1) is 9.46. The molecule has 1 saturated heterocycles. The molecule has 0 unspecified atom stereocenters. The van der Waals surface area contributed by atoms with Crippen LogP contribution in [-0.2, 0) is 14.3 Å². The number of hydrogen-bond donors (Lipinski definition) is 1. The quantitative estimate of drug-likeness (QED) is 0.537. The monoisotopic (exact) mass is 230 g/mol. The van der Waals surface area contributed by atoms with E-state index in [0.717, 1.165) is 12.8 Å². The van der Waals surface area contributed by atoms with E-state index in [4.69, 9.17) is 21.4 Å². The fourth-order valence-corrected chi connectivity index (χ4v) is 4.03. The van der Waals surface area contributed by atoms with Crippen molar-refractivity contribution < 1.29 is 19.4 Å². The van der Waals surface area contributed by atoms with E-state index < -0.39 is 17.8 Å². The zero-order chi connectivity index (χ0) is 10.7. The van der Waals surface area contributed by atoms with E-state index in [1.54, 1.807) is 0 Å². The molecule has 0 aromatic rings. The first-order valence-corrected chi connectivity index (χ1v) is 5.62. The molecule has 4 bridgehead atoms. The molecule has 82 valence electrons. The minimum Gasteiger partial charge on any atom is -0.481 e. The number of esters is 1. The SMILES string of the molecule is O=C1O[C@H]2[C@H](Cl)[C@@H]3CC[C@H]2[C@H]1[C@H]3C(=O)O. The number of fused-ring (bicyclic) bond motifs is 1. The normalized spacial score (nSPS) is 51.7. The van der Waals surface area contributed by atoms with Gasteiger partial charge in [-0.3, -0.25) is 9.59 Å². The molecule has 15 heavy (non-hydrogen) atoms. The first-order valence-electron chi connectivity index (χ1n) is 5.18. The second kappa shape index (κ2) is 2.88. The minimum absolute atomic E-state index is 0.0334. The van der Waals surface area contributed by atoms with Crippen LogP contribution in [-0.4, -0.2) is 28.5 Å². The highest BCUT2D eigenvalue weighted by molar-refractivity contribution is 6.22. The molecule has 3 saturated carbocycles. The Morgan fingerprint density at radius 3 is 2.73 bits per heavy atom. The van der Waals surface area contributed by atoms with Gasteiger partial charge in [-0.1, -0.05) is 0 Å². The van der Waals surface area contributed by atoms with Crippen LogP contribution in [0.1, 0.15) is 12.8 Å². The van der Waals surface area contributed by atoms with Gasteiger partial charge in [-0.15, -0.1) is 11.6 Å². The molecule has 4 fully saturated rings. The Morgan fingerprint density at radius 1 is 1.40 bits per heavy atom. The molecule has 1 aliphatic heterocycles. The zero-order valence-electron chi connectivity index (χ0n) is 7.93. The van der Waals surface area contributed by atoms with E-state index >= 15 is 0 Å². The van der Waals surface area contributed by atoms with Crippen LogP contribution in [0.3, 0.4) is 0 Å². The van der Waals surface area contributed by atoms with E-state index in [9.17, 15) is 9.59 Å². The van der Waals surface area contributed by atoms with Crippen LogP contribution in [0.5, 0.6) is 0 Å². The molecule has 1 heterocycles. The maximum Gasteiger partial charge on any atom is 0.310 e. The van der Waals surface area contributed by atoms with Crippen molar-refractivity contribution in [1.29, 1.82) is 0 Å². The maximum absolute atomic E-state index is 11.6. The lowest BCUT2D eigenvalue weighted by Crippen LogP contribution is -2.53. The Morgan fingerprint density at radius 2 is 2.07 bits per heavy atom. The van der Waals surface area contributed by atoms with Crippen LogP contribution in [0.15, 0.2) is 0 Å². The standard InChI is InChI=1S/C10H11ClO4/c11-7-3-1-2-4-6(5(3)9(12)13)10(14)15-8(4)7/h3-8H,1-2H2,(H,12,13)/t3-,4+,5+,6+,7-,8-/m1/s1. The number of alkyl halides is 1. The predicted molar refractivity (Wildman–Crippen MR) is 50.4 cm³/mol. The van der Waals surface area contributed by atoms with Crippen LogP contribution in [0.2, 0.25) is 0 Å². The Kier molecular flexibility index (Phi) is 1.81. The third-order valence-corrected chi connectivity index (χ3v) is 4.67. The van der Waals surface area contributed by atoms with Gasteiger partial charge in [-0.05, 0) is 18.8 Å². The molecule has 4 nitrogen and oxygen atoms in total. The molecule has 4 aliphatic rings.